The number of fused-ring (bicyclic) bond motifs is 6. The van der Waals surface area contributed by atoms with Crippen molar-refractivity contribution in [3.8, 4) is 40.2 Å². The minimum absolute atomic E-state index is 0.491. The lowest BCUT2D eigenvalue weighted by Crippen LogP contribution is -2.20. The van der Waals surface area contributed by atoms with Gasteiger partial charge in [-0.05, 0) is 97.1 Å². The van der Waals surface area contributed by atoms with Crippen LogP contribution in [0.5, 0.6) is 34.5 Å². The molecule has 1 aromatic heterocycles. The van der Waals surface area contributed by atoms with Crippen LogP contribution in [0.25, 0.3) is 5.69 Å². The zero-order valence-corrected chi connectivity index (χ0v) is 28.1. The number of anilines is 9. The normalized spacial score (nSPS) is 13.2. The van der Waals surface area contributed by atoms with Gasteiger partial charge in [-0.1, -0.05) is 72.8 Å². The zero-order chi connectivity index (χ0) is 34.9. The van der Waals surface area contributed by atoms with Gasteiger partial charge in [0.15, 0.2) is 34.5 Å². The van der Waals surface area contributed by atoms with Crippen LogP contribution in [0.3, 0.4) is 0 Å². The summed E-state index contributed by atoms with van der Waals surface area (Å²) in [5, 5.41) is 5.30. The van der Waals surface area contributed by atoms with E-state index in [2.05, 4.69) is 51.1 Å². The molecule has 8 aromatic rings. The Bertz CT molecular complexity index is 2570. The summed E-state index contributed by atoms with van der Waals surface area (Å²) in [6.45, 7) is 0. The first-order valence-electron chi connectivity index (χ1n) is 17.3. The lowest BCUT2D eigenvalue weighted by Gasteiger charge is -2.33. The molecule has 0 amide bonds. The number of benzene rings is 7. The Morgan fingerprint density at radius 2 is 0.642 bits per heavy atom. The van der Waals surface area contributed by atoms with Crippen molar-refractivity contribution in [3.63, 3.8) is 0 Å². The monoisotopic (exact) mass is 688 g/mol. The third kappa shape index (κ3) is 4.57. The van der Waals surface area contributed by atoms with Gasteiger partial charge in [0.1, 0.15) is 0 Å². The first-order chi connectivity index (χ1) is 26.3. The molecule has 0 aliphatic carbocycles. The molecule has 0 fully saturated rings. The van der Waals surface area contributed by atoms with Crippen LogP contribution in [0.15, 0.2) is 170 Å². The van der Waals surface area contributed by atoms with Crippen molar-refractivity contribution >= 4 is 51.7 Å². The molecule has 0 saturated carbocycles. The highest BCUT2D eigenvalue weighted by Gasteiger charge is 2.34. The Balaban J connectivity index is 1.11. The summed E-state index contributed by atoms with van der Waals surface area (Å²) in [5.74, 6) is 5.59. The predicted octanol–water partition coefficient (Wildman–Crippen LogP) is 12.0. The molecule has 4 heterocycles. The molecule has 11 rings (SSSR count). The molecule has 9 heteroatoms. The number of nitrogens with zero attached hydrogens (tertiary/aromatic N) is 6. The summed E-state index contributed by atoms with van der Waals surface area (Å²) in [6.07, 6.45) is 0. The van der Waals surface area contributed by atoms with Crippen LogP contribution in [-0.2, 0) is 0 Å². The minimum atomic E-state index is 0.491. The van der Waals surface area contributed by atoms with Crippen molar-refractivity contribution in [1.29, 1.82) is 0 Å². The lowest BCUT2D eigenvalue weighted by molar-refractivity contribution is 0.476. The number of ether oxygens (including phenoxy) is 3. The lowest BCUT2D eigenvalue weighted by atomic mass is 10.1. The smallest absolute Gasteiger partial charge is 0.256 e. The van der Waals surface area contributed by atoms with Crippen molar-refractivity contribution in [3.05, 3.63) is 170 Å². The summed E-state index contributed by atoms with van der Waals surface area (Å²) in [5.41, 5.74) is 7.14. The molecule has 252 valence electrons. The van der Waals surface area contributed by atoms with E-state index in [1.54, 1.807) is 0 Å². The second-order valence-corrected chi connectivity index (χ2v) is 12.8. The molecular formula is C44H28N6O3. The van der Waals surface area contributed by atoms with Gasteiger partial charge in [0, 0.05) is 5.69 Å². The van der Waals surface area contributed by atoms with Crippen LogP contribution in [-0.4, -0.2) is 14.8 Å². The van der Waals surface area contributed by atoms with E-state index >= 15 is 0 Å². The fraction of sp³-hybridized carbons (Fsp3) is 0. The van der Waals surface area contributed by atoms with Gasteiger partial charge in [-0.2, -0.15) is 9.67 Å². The summed E-state index contributed by atoms with van der Waals surface area (Å²) in [7, 11) is 0. The molecule has 3 aliphatic heterocycles. The van der Waals surface area contributed by atoms with E-state index in [1.807, 2.05) is 138 Å². The summed E-state index contributed by atoms with van der Waals surface area (Å²) in [6, 6.07) is 56.5. The van der Waals surface area contributed by atoms with Crippen LogP contribution in [0, 0.1) is 0 Å². The number of hydrogen-bond donors (Lipinski definition) is 0. The van der Waals surface area contributed by atoms with E-state index in [4.69, 9.17) is 24.3 Å². The molecule has 0 N–H and O–H groups in total. The Morgan fingerprint density at radius 1 is 0.321 bits per heavy atom. The largest absolute Gasteiger partial charge is 0.453 e. The molecule has 0 radical (unpaired) electrons. The van der Waals surface area contributed by atoms with E-state index in [0.29, 0.717) is 11.9 Å². The van der Waals surface area contributed by atoms with Gasteiger partial charge in [-0.25, -0.2) is 0 Å². The quantitative estimate of drug-likeness (QED) is 0.181. The van der Waals surface area contributed by atoms with Crippen LogP contribution >= 0.6 is 0 Å². The molecule has 0 atom stereocenters. The molecular weight excluding hydrogens is 661 g/mol. The molecule has 9 nitrogen and oxygen atoms in total. The highest BCUT2D eigenvalue weighted by atomic mass is 16.5. The van der Waals surface area contributed by atoms with Gasteiger partial charge in [0.25, 0.3) is 5.95 Å². The standard InChI is InChI=1S/C44H28N6O3/c1-7-19-37-31(13-1)47(32-14-2-8-20-38(32)51-37)29-25-27-30(28-26-29)50-44(49-35-17-5-11-23-41(35)53-42-24-12-6-18-36(42)49)45-43(46-50)48-33-15-3-9-21-39(33)52-40-22-10-4-16-34(40)48/h1-28H. The first-order valence-corrected chi connectivity index (χ1v) is 17.3. The fourth-order valence-corrected chi connectivity index (χ4v) is 7.27. The average Bonchev–Trinajstić information content (AvgIpc) is 3.65. The van der Waals surface area contributed by atoms with Crippen molar-refractivity contribution in [2.75, 3.05) is 14.7 Å². The average molecular weight is 689 g/mol. The predicted molar refractivity (Wildman–Crippen MR) is 206 cm³/mol. The Hall–Kier alpha value is -7.52. The molecule has 0 bridgehead atoms. The molecule has 3 aliphatic rings. The second-order valence-electron chi connectivity index (χ2n) is 12.8. The Morgan fingerprint density at radius 3 is 1.04 bits per heavy atom. The van der Waals surface area contributed by atoms with Crippen LogP contribution in [0.4, 0.5) is 51.7 Å². The minimum Gasteiger partial charge on any atom is -0.453 e. The topological polar surface area (TPSA) is 68.1 Å². The van der Waals surface area contributed by atoms with Gasteiger partial charge < -0.3 is 19.1 Å². The maximum absolute atomic E-state index is 6.39. The third-order valence-electron chi connectivity index (χ3n) is 9.63. The van der Waals surface area contributed by atoms with Gasteiger partial charge in [0.2, 0.25) is 5.95 Å². The van der Waals surface area contributed by atoms with Crippen LogP contribution < -0.4 is 28.9 Å². The molecule has 0 saturated heterocycles. The number of aromatic nitrogens is 3. The van der Waals surface area contributed by atoms with Gasteiger partial charge in [-0.3, -0.25) is 9.80 Å². The highest BCUT2D eigenvalue weighted by Crippen LogP contribution is 2.54. The second kappa shape index (κ2) is 11.5. The fourth-order valence-electron chi connectivity index (χ4n) is 7.27. The zero-order valence-electron chi connectivity index (χ0n) is 28.1. The van der Waals surface area contributed by atoms with Crippen LogP contribution in [0.1, 0.15) is 0 Å². The molecule has 7 aromatic carbocycles. The van der Waals surface area contributed by atoms with Gasteiger partial charge in [0.05, 0.1) is 39.8 Å². The number of rotatable bonds is 4. The number of para-hydroxylation sites is 12. The Labute approximate surface area is 304 Å². The van der Waals surface area contributed by atoms with Gasteiger partial charge in [-0.15, -0.1) is 5.10 Å². The first kappa shape index (κ1) is 29.2. The molecule has 0 unspecified atom stereocenters. The number of hydrogen-bond acceptors (Lipinski definition) is 8. The van der Waals surface area contributed by atoms with Crippen molar-refractivity contribution < 1.29 is 14.2 Å². The molecule has 0 spiro atoms. The van der Waals surface area contributed by atoms with Crippen molar-refractivity contribution in [2.45, 2.75) is 0 Å². The van der Waals surface area contributed by atoms with Crippen molar-refractivity contribution in [1.82, 2.24) is 14.8 Å². The van der Waals surface area contributed by atoms with E-state index in [-0.39, 0.29) is 0 Å². The Kier molecular flexibility index (Phi) is 6.35. The van der Waals surface area contributed by atoms with E-state index < -0.39 is 0 Å². The maximum atomic E-state index is 6.39. The SMILES string of the molecule is c1ccc2c(c1)Oc1ccccc1N2c1ccc(-n2nc(N3c4ccccc4Oc4ccccc43)nc2N2c3ccccc3Oc3ccccc32)cc1. The summed E-state index contributed by atoms with van der Waals surface area (Å²) in [4.78, 5) is 11.8. The third-order valence-corrected chi connectivity index (χ3v) is 9.63. The van der Waals surface area contributed by atoms with E-state index in [0.717, 1.165) is 80.0 Å². The van der Waals surface area contributed by atoms with E-state index in [9.17, 15) is 0 Å². The summed E-state index contributed by atoms with van der Waals surface area (Å²) < 4.78 is 20.9. The maximum Gasteiger partial charge on any atom is 0.256 e. The van der Waals surface area contributed by atoms with Crippen molar-refractivity contribution in [2.24, 2.45) is 0 Å². The van der Waals surface area contributed by atoms with Crippen LogP contribution in [0.2, 0.25) is 0 Å². The summed E-state index contributed by atoms with van der Waals surface area (Å²) >= 11 is 0. The molecule has 53 heavy (non-hydrogen) atoms. The van der Waals surface area contributed by atoms with E-state index in [1.165, 1.54) is 0 Å². The van der Waals surface area contributed by atoms with Gasteiger partial charge >= 0.3 is 0 Å². The highest BCUT2D eigenvalue weighted by molar-refractivity contribution is 5.89.